The lowest BCUT2D eigenvalue weighted by Crippen LogP contribution is -2.50. The molecule has 10 heteroatoms. The molecule has 0 atom stereocenters. The predicted molar refractivity (Wildman–Crippen MR) is 142 cm³/mol. The van der Waals surface area contributed by atoms with Gasteiger partial charge in [0, 0.05) is 43.6 Å². The number of carbonyl (C=O) groups excluding carboxylic acids is 1. The Hall–Kier alpha value is -3.14. The topological polar surface area (TPSA) is 74.2 Å². The third-order valence-corrected chi connectivity index (χ3v) is 7.47. The molecule has 0 radical (unpaired) electrons. The van der Waals surface area contributed by atoms with Gasteiger partial charge in [0.15, 0.2) is 0 Å². The summed E-state index contributed by atoms with van der Waals surface area (Å²) < 4.78 is 45.5. The molecule has 7 nitrogen and oxygen atoms in total. The second kappa shape index (κ2) is 11.7. The Labute approximate surface area is 221 Å². The van der Waals surface area contributed by atoms with Gasteiger partial charge in [-0.25, -0.2) is 0 Å². The third kappa shape index (κ3) is 6.64. The van der Waals surface area contributed by atoms with E-state index in [0.29, 0.717) is 44.5 Å². The van der Waals surface area contributed by atoms with E-state index < -0.39 is 17.4 Å². The number of rotatable bonds is 7. The SMILES string of the molecule is Cc1cc(C)c(N2CCN(C(=O)COC3CCC(Nc4ccc(N=O)c(C(F)(F)F)c4)CC3)CC2)c(C)c1. The number of anilines is 2. The van der Waals surface area contributed by atoms with Crippen LogP contribution in [0.5, 0.6) is 0 Å². The van der Waals surface area contributed by atoms with E-state index in [1.807, 2.05) is 4.90 Å². The van der Waals surface area contributed by atoms with E-state index in [0.717, 1.165) is 25.2 Å². The molecule has 0 bridgehead atoms. The number of benzene rings is 2. The van der Waals surface area contributed by atoms with Crippen molar-refractivity contribution < 1.29 is 22.7 Å². The lowest BCUT2D eigenvalue weighted by molar-refractivity contribution is -0.139. The molecule has 2 aliphatic rings. The van der Waals surface area contributed by atoms with Crippen LogP contribution in [0.1, 0.15) is 47.9 Å². The van der Waals surface area contributed by atoms with Gasteiger partial charge in [-0.1, -0.05) is 17.7 Å². The lowest BCUT2D eigenvalue weighted by atomic mass is 9.92. The molecular formula is C28H35F3N4O3. The number of piperazine rings is 1. The quantitative estimate of drug-likeness (QED) is 0.435. The average Bonchev–Trinajstić information content (AvgIpc) is 2.87. The summed E-state index contributed by atoms with van der Waals surface area (Å²) in [4.78, 5) is 27.7. The van der Waals surface area contributed by atoms with Gasteiger partial charge in [-0.05, 0) is 81.0 Å². The van der Waals surface area contributed by atoms with Crippen molar-refractivity contribution in [3.63, 3.8) is 0 Å². The maximum Gasteiger partial charge on any atom is 0.418 e. The summed E-state index contributed by atoms with van der Waals surface area (Å²) >= 11 is 0. The highest BCUT2D eigenvalue weighted by molar-refractivity contribution is 5.78. The van der Waals surface area contributed by atoms with E-state index in [-0.39, 0.29) is 24.7 Å². The lowest BCUT2D eigenvalue weighted by Gasteiger charge is -2.38. The Balaban J connectivity index is 1.21. The molecule has 2 aromatic carbocycles. The van der Waals surface area contributed by atoms with E-state index in [2.05, 4.69) is 48.3 Å². The normalized spacial score (nSPS) is 20.4. The molecule has 1 saturated heterocycles. The van der Waals surface area contributed by atoms with Crippen molar-refractivity contribution in [3.8, 4) is 0 Å². The monoisotopic (exact) mass is 532 g/mol. The number of aryl methyl sites for hydroxylation is 3. The third-order valence-electron chi connectivity index (χ3n) is 7.47. The average molecular weight is 533 g/mol. The van der Waals surface area contributed by atoms with Crippen LogP contribution in [0.3, 0.4) is 0 Å². The summed E-state index contributed by atoms with van der Waals surface area (Å²) in [7, 11) is 0. The van der Waals surface area contributed by atoms with E-state index in [1.165, 1.54) is 28.4 Å². The summed E-state index contributed by atoms with van der Waals surface area (Å²) in [5.41, 5.74) is 3.67. The molecule has 1 saturated carbocycles. The fraction of sp³-hybridized carbons (Fsp3) is 0.536. The van der Waals surface area contributed by atoms with Crippen molar-refractivity contribution in [2.24, 2.45) is 5.18 Å². The number of alkyl halides is 3. The number of hydrogen-bond donors (Lipinski definition) is 1. The molecule has 1 aliphatic carbocycles. The highest BCUT2D eigenvalue weighted by Gasteiger charge is 2.35. The van der Waals surface area contributed by atoms with Crippen molar-refractivity contribution in [2.45, 2.75) is 64.8 Å². The zero-order valence-corrected chi connectivity index (χ0v) is 22.1. The van der Waals surface area contributed by atoms with E-state index in [4.69, 9.17) is 4.74 Å². The van der Waals surface area contributed by atoms with Gasteiger partial charge in [-0.2, -0.15) is 13.2 Å². The Bertz CT molecular complexity index is 1130. The first-order chi connectivity index (χ1) is 18.0. The van der Waals surface area contributed by atoms with Crippen LogP contribution in [0.15, 0.2) is 35.5 Å². The second-order valence-corrected chi connectivity index (χ2v) is 10.4. The van der Waals surface area contributed by atoms with Gasteiger partial charge in [0.25, 0.3) is 0 Å². The fourth-order valence-electron chi connectivity index (χ4n) is 5.67. The zero-order chi connectivity index (χ0) is 27.4. The van der Waals surface area contributed by atoms with Gasteiger partial charge >= 0.3 is 6.18 Å². The number of hydrogen-bond acceptors (Lipinski definition) is 6. The Morgan fingerprint density at radius 2 is 1.63 bits per heavy atom. The highest BCUT2D eigenvalue weighted by Crippen LogP contribution is 2.38. The van der Waals surface area contributed by atoms with Gasteiger partial charge in [0.2, 0.25) is 5.91 Å². The molecule has 0 spiro atoms. The summed E-state index contributed by atoms with van der Waals surface area (Å²) in [5.74, 6) is -0.00851. The van der Waals surface area contributed by atoms with Crippen molar-refractivity contribution in [3.05, 3.63) is 57.5 Å². The first-order valence-electron chi connectivity index (χ1n) is 13.1. The van der Waals surface area contributed by atoms with Crippen LogP contribution >= 0.6 is 0 Å². The molecule has 1 aliphatic heterocycles. The minimum atomic E-state index is -4.65. The molecule has 2 aromatic rings. The van der Waals surface area contributed by atoms with Gasteiger partial charge < -0.3 is 19.9 Å². The number of nitrogens with one attached hydrogen (secondary N) is 1. The van der Waals surface area contributed by atoms with Crippen molar-refractivity contribution in [1.29, 1.82) is 0 Å². The minimum Gasteiger partial charge on any atom is -0.382 e. The smallest absolute Gasteiger partial charge is 0.382 e. The minimum absolute atomic E-state index is 0.00851. The van der Waals surface area contributed by atoms with Crippen LogP contribution < -0.4 is 10.2 Å². The molecule has 4 rings (SSSR count). The van der Waals surface area contributed by atoms with Crippen LogP contribution in [0.4, 0.5) is 30.2 Å². The Morgan fingerprint density at radius 3 is 2.21 bits per heavy atom. The van der Waals surface area contributed by atoms with Crippen LogP contribution in [0, 0.1) is 25.7 Å². The summed E-state index contributed by atoms with van der Waals surface area (Å²) in [5, 5.41) is 5.61. The Kier molecular flexibility index (Phi) is 8.60. The zero-order valence-electron chi connectivity index (χ0n) is 22.1. The summed E-state index contributed by atoms with van der Waals surface area (Å²) in [6, 6.07) is 7.83. The summed E-state index contributed by atoms with van der Waals surface area (Å²) in [6.45, 7) is 9.29. The van der Waals surface area contributed by atoms with Crippen molar-refractivity contribution >= 4 is 23.0 Å². The molecule has 38 heavy (non-hydrogen) atoms. The summed E-state index contributed by atoms with van der Waals surface area (Å²) in [6.07, 6.45) is -1.85. The van der Waals surface area contributed by atoms with Crippen LogP contribution in [0.2, 0.25) is 0 Å². The van der Waals surface area contributed by atoms with Crippen LogP contribution in [-0.4, -0.2) is 55.7 Å². The second-order valence-electron chi connectivity index (χ2n) is 10.4. The van der Waals surface area contributed by atoms with E-state index in [9.17, 15) is 22.9 Å². The molecule has 1 N–H and O–H groups in total. The molecule has 2 fully saturated rings. The van der Waals surface area contributed by atoms with E-state index in [1.54, 1.807) is 0 Å². The molecular weight excluding hydrogens is 497 g/mol. The van der Waals surface area contributed by atoms with Crippen LogP contribution in [0.25, 0.3) is 0 Å². The van der Waals surface area contributed by atoms with Gasteiger partial charge in [0.05, 0.1) is 11.7 Å². The number of halogens is 3. The number of nitroso groups, excluding NO2 is 1. The van der Waals surface area contributed by atoms with Crippen LogP contribution in [-0.2, 0) is 15.7 Å². The molecule has 1 heterocycles. The number of ether oxygens (including phenoxy) is 1. The van der Waals surface area contributed by atoms with Gasteiger partial charge in [-0.3, -0.25) is 4.79 Å². The molecule has 0 unspecified atom stereocenters. The van der Waals surface area contributed by atoms with Crippen molar-refractivity contribution in [1.82, 2.24) is 4.90 Å². The maximum atomic E-state index is 13.2. The standard InChI is InChI=1S/C28H35F3N4O3/c1-18-14-19(2)27(20(3)15-18)35-12-10-34(11-13-35)26(36)17-38-23-7-4-21(5-8-23)32-22-6-9-25(33-37)24(16-22)28(29,30)31/h6,9,14-16,21,23,32H,4-5,7-8,10-13,17H2,1-3H3. The number of nitrogens with zero attached hydrogens (tertiary/aromatic N) is 3. The molecule has 206 valence electrons. The maximum absolute atomic E-state index is 13.2. The highest BCUT2D eigenvalue weighted by atomic mass is 19.4. The van der Waals surface area contributed by atoms with E-state index >= 15 is 0 Å². The predicted octanol–water partition coefficient (Wildman–Crippen LogP) is 6.12. The van der Waals surface area contributed by atoms with Gasteiger partial charge in [0.1, 0.15) is 12.3 Å². The molecule has 0 aromatic heterocycles. The number of amides is 1. The Morgan fingerprint density at radius 1 is 1.00 bits per heavy atom. The first-order valence-corrected chi connectivity index (χ1v) is 13.1. The molecule has 1 amide bonds. The van der Waals surface area contributed by atoms with Crippen molar-refractivity contribution in [2.75, 3.05) is 43.0 Å². The first kappa shape index (κ1) is 27.9. The van der Waals surface area contributed by atoms with Gasteiger partial charge in [-0.15, -0.1) is 4.91 Å². The largest absolute Gasteiger partial charge is 0.418 e. The number of carbonyl (C=O) groups is 1. The fourth-order valence-corrected chi connectivity index (χ4v) is 5.67.